The zero-order valence-electron chi connectivity index (χ0n) is 26.0. The molecule has 0 spiro atoms. The Morgan fingerprint density at radius 3 is 2.36 bits per heavy atom. The molecule has 2 N–H and O–H groups in total. The van der Waals surface area contributed by atoms with Crippen LogP contribution >= 0.6 is 23.1 Å². The van der Waals surface area contributed by atoms with Crippen LogP contribution in [0.2, 0.25) is 0 Å². The predicted octanol–water partition coefficient (Wildman–Crippen LogP) is 6.40. The van der Waals surface area contributed by atoms with Crippen LogP contribution in [0.1, 0.15) is 71.7 Å². The van der Waals surface area contributed by atoms with E-state index in [0.717, 1.165) is 21.2 Å². The minimum atomic E-state index is -4.13. The van der Waals surface area contributed by atoms with Gasteiger partial charge in [0.1, 0.15) is 11.8 Å². The monoisotopic (exact) mass is 695 g/mol. The summed E-state index contributed by atoms with van der Waals surface area (Å²) in [6, 6.07) is 16.7. The predicted molar refractivity (Wildman–Crippen MR) is 183 cm³/mol. The van der Waals surface area contributed by atoms with Gasteiger partial charge in [0, 0.05) is 12.3 Å². The number of nitrogens with zero attached hydrogens (tertiary/aromatic N) is 2. The lowest BCUT2D eigenvalue weighted by molar-refractivity contribution is -0.138. The highest BCUT2D eigenvalue weighted by atomic mass is 32.2. The number of carbonyl (C=O) groups is 3. The number of thioether (sulfide) groups is 1. The molecule has 5 rings (SSSR count). The van der Waals surface area contributed by atoms with Gasteiger partial charge in [0.25, 0.3) is 11.8 Å². The van der Waals surface area contributed by atoms with Crippen molar-refractivity contribution in [1.82, 2.24) is 14.6 Å². The molecule has 47 heavy (non-hydrogen) atoms. The minimum Gasteiger partial charge on any atom is -0.494 e. The van der Waals surface area contributed by atoms with E-state index in [-0.39, 0.29) is 36.3 Å². The molecule has 1 atom stereocenters. The van der Waals surface area contributed by atoms with Crippen LogP contribution in [0, 0.1) is 0 Å². The summed E-state index contributed by atoms with van der Waals surface area (Å²) in [6.45, 7) is 2.67. The standard InChI is InChI=1S/C34H37N3O7S3/c1-2-3-4-5-8-20-45-34-35-28-17-16-25(22-30(28)46-34)47(42,43)36-29(33(40)41)21-23-12-14-24(15-13-23)44-19-9-18-37-31(38)26-10-6-7-11-27(26)32(37)39/h6-7,10-17,22,29,36H,2-5,8-9,18-21H2,1H3,(H,40,41)/t29-/m1/s1. The summed E-state index contributed by atoms with van der Waals surface area (Å²) in [7, 11) is -4.13. The third kappa shape index (κ3) is 8.78. The summed E-state index contributed by atoms with van der Waals surface area (Å²) in [5.41, 5.74) is 2.13. The van der Waals surface area contributed by atoms with Gasteiger partial charge in [-0.15, -0.1) is 11.3 Å². The number of fused-ring (bicyclic) bond motifs is 2. The zero-order valence-corrected chi connectivity index (χ0v) is 28.5. The molecule has 1 aromatic heterocycles. The van der Waals surface area contributed by atoms with Crippen molar-refractivity contribution in [3.63, 3.8) is 0 Å². The van der Waals surface area contributed by atoms with Crippen molar-refractivity contribution >= 4 is 61.1 Å². The molecule has 0 fully saturated rings. The molecular weight excluding hydrogens is 659 g/mol. The number of rotatable bonds is 18. The second-order valence-electron chi connectivity index (χ2n) is 11.2. The smallest absolute Gasteiger partial charge is 0.322 e. The first-order valence-corrected chi connectivity index (χ1v) is 18.9. The molecule has 1 aliphatic rings. The SMILES string of the molecule is CCCCCCCSc1nc2ccc(S(=O)(=O)N[C@H](Cc3ccc(OCCCN4C(=O)c5ccccc5C4=O)cc3)C(=O)O)cc2s1. The van der Waals surface area contributed by atoms with E-state index < -0.39 is 22.0 Å². The lowest BCUT2D eigenvalue weighted by Gasteiger charge is -2.16. The van der Waals surface area contributed by atoms with Gasteiger partial charge in [-0.3, -0.25) is 19.3 Å². The van der Waals surface area contributed by atoms with Gasteiger partial charge in [0.15, 0.2) is 4.34 Å². The molecule has 0 saturated carbocycles. The molecular formula is C34H37N3O7S3. The van der Waals surface area contributed by atoms with Crippen molar-refractivity contribution in [2.75, 3.05) is 18.9 Å². The minimum absolute atomic E-state index is 0.0130. The molecule has 0 unspecified atom stereocenters. The van der Waals surface area contributed by atoms with E-state index in [9.17, 15) is 27.9 Å². The van der Waals surface area contributed by atoms with Crippen molar-refractivity contribution in [3.8, 4) is 5.75 Å². The van der Waals surface area contributed by atoms with Gasteiger partial charge in [0.2, 0.25) is 10.0 Å². The fourth-order valence-corrected chi connectivity index (χ4v) is 8.69. The molecule has 3 aromatic carbocycles. The normalized spacial score (nSPS) is 13.7. The second kappa shape index (κ2) is 15.9. The molecule has 1 aliphatic heterocycles. The van der Waals surface area contributed by atoms with Crippen LogP contribution < -0.4 is 9.46 Å². The molecule has 0 aliphatic carbocycles. The van der Waals surface area contributed by atoms with Gasteiger partial charge in [-0.2, -0.15) is 4.72 Å². The topological polar surface area (TPSA) is 143 Å². The molecule has 10 nitrogen and oxygen atoms in total. The Labute approximate surface area is 282 Å². The Hall–Kier alpha value is -3.78. The third-order valence-corrected chi connectivity index (χ3v) is 11.5. The first kappa shape index (κ1) is 34.6. The quantitative estimate of drug-likeness (QED) is 0.0687. The van der Waals surface area contributed by atoms with Gasteiger partial charge < -0.3 is 9.84 Å². The molecule has 13 heteroatoms. The number of sulfonamides is 1. The van der Waals surface area contributed by atoms with Crippen LogP contribution in [-0.4, -0.2) is 66.1 Å². The highest BCUT2D eigenvalue weighted by Gasteiger charge is 2.34. The average molecular weight is 696 g/mol. The summed E-state index contributed by atoms with van der Waals surface area (Å²) in [5.74, 6) is -0.430. The number of nitrogens with one attached hydrogen (secondary N) is 1. The van der Waals surface area contributed by atoms with Crippen molar-refractivity contribution in [2.45, 2.75) is 67.1 Å². The van der Waals surface area contributed by atoms with Crippen molar-refractivity contribution in [2.24, 2.45) is 0 Å². The number of unbranched alkanes of at least 4 members (excludes halogenated alkanes) is 4. The van der Waals surface area contributed by atoms with Crippen LogP contribution in [0.4, 0.5) is 0 Å². The van der Waals surface area contributed by atoms with Crippen LogP contribution in [0.3, 0.4) is 0 Å². The maximum absolute atomic E-state index is 13.2. The first-order chi connectivity index (χ1) is 22.7. The van der Waals surface area contributed by atoms with E-state index in [1.54, 1.807) is 72.4 Å². The number of imide groups is 1. The molecule has 2 heterocycles. The number of benzene rings is 3. The summed E-state index contributed by atoms with van der Waals surface area (Å²) in [5, 5.41) is 9.84. The van der Waals surface area contributed by atoms with E-state index in [1.165, 1.54) is 48.0 Å². The fraction of sp³-hybridized carbons (Fsp3) is 0.353. The molecule has 4 aromatic rings. The number of aromatic nitrogens is 1. The average Bonchev–Trinajstić information content (AvgIpc) is 3.58. The lowest BCUT2D eigenvalue weighted by Crippen LogP contribution is -2.42. The first-order valence-electron chi connectivity index (χ1n) is 15.6. The van der Waals surface area contributed by atoms with E-state index >= 15 is 0 Å². The van der Waals surface area contributed by atoms with Crippen molar-refractivity contribution in [3.05, 3.63) is 83.4 Å². The summed E-state index contributed by atoms with van der Waals surface area (Å²) >= 11 is 3.11. The van der Waals surface area contributed by atoms with E-state index in [4.69, 9.17) is 4.74 Å². The van der Waals surface area contributed by atoms with Gasteiger partial charge in [0.05, 0.1) is 32.8 Å². The third-order valence-electron chi connectivity index (χ3n) is 7.76. The lowest BCUT2D eigenvalue weighted by atomic mass is 10.1. The van der Waals surface area contributed by atoms with Crippen molar-refractivity contribution in [1.29, 1.82) is 0 Å². The molecule has 0 radical (unpaired) electrons. The van der Waals surface area contributed by atoms with E-state index in [0.29, 0.717) is 34.4 Å². The maximum Gasteiger partial charge on any atom is 0.322 e. The highest BCUT2D eigenvalue weighted by molar-refractivity contribution is 8.01. The fourth-order valence-electron chi connectivity index (χ4n) is 5.22. The molecule has 0 saturated heterocycles. The number of aliphatic carboxylic acids is 1. The Morgan fingerprint density at radius 2 is 1.68 bits per heavy atom. The molecule has 0 bridgehead atoms. The number of thiazole rings is 1. The highest BCUT2D eigenvalue weighted by Crippen LogP contribution is 2.32. The maximum atomic E-state index is 13.2. The van der Waals surface area contributed by atoms with Crippen LogP contribution in [0.25, 0.3) is 10.2 Å². The molecule has 248 valence electrons. The van der Waals surface area contributed by atoms with Crippen molar-refractivity contribution < 1.29 is 32.6 Å². The van der Waals surface area contributed by atoms with Gasteiger partial charge in [-0.25, -0.2) is 13.4 Å². The van der Waals surface area contributed by atoms with E-state index in [1.807, 2.05) is 0 Å². The number of ether oxygens (including phenoxy) is 1. The summed E-state index contributed by atoms with van der Waals surface area (Å²) < 4.78 is 36.2. The number of carbonyl (C=O) groups excluding carboxylic acids is 2. The van der Waals surface area contributed by atoms with Crippen LogP contribution in [0.5, 0.6) is 5.75 Å². The van der Waals surface area contributed by atoms with Crippen LogP contribution in [-0.2, 0) is 21.2 Å². The van der Waals surface area contributed by atoms with Gasteiger partial charge in [-0.1, -0.05) is 68.6 Å². The van der Waals surface area contributed by atoms with Crippen LogP contribution in [0.15, 0.2) is 76.0 Å². The number of hydrogen-bond acceptors (Lipinski definition) is 9. The zero-order chi connectivity index (χ0) is 33.4. The Bertz CT molecular complexity index is 1810. The number of amides is 2. The Morgan fingerprint density at radius 1 is 0.979 bits per heavy atom. The number of hydrogen-bond donors (Lipinski definition) is 2. The number of carboxylic acid groups (broad SMARTS) is 1. The van der Waals surface area contributed by atoms with Gasteiger partial charge >= 0.3 is 5.97 Å². The van der Waals surface area contributed by atoms with Gasteiger partial charge in [-0.05, 0) is 67.3 Å². The number of carboxylic acids is 1. The largest absolute Gasteiger partial charge is 0.494 e. The summed E-state index contributed by atoms with van der Waals surface area (Å²) in [4.78, 5) is 42.9. The Balaban J connectivity index is 1.12. The van der Waals surface area contributed by atoms with E-state index in [2.05, 4.69) is 16.6 Å². The second-order valence-corrected chi connectivity index (χ2v) is 15.3. The molecule has 2 amide bonds. The Kier molecular flexibility index (Phi) is 11.7. The summed E-state index contributed by atoms with van der Waals surface area (Å²) in [6.07, 6.45) is 6.33.